The van der Waals surface area contributed by atoms with Crippen LogP contribution in [0.5, 0.6) is 0 Å². The average Bonchev–Trinajstić information content (AvgIpc) is 2.84. The summed E-state index contributed by atoms with van der Waals surface area (Å²) in [6, 6.07) is 0.982. The molecule has 15 heavy (non-hydrogen) atoms. The molecule has 1 aliphatic heterocycles. The first-order valence-electron chi connectivity index (χ1n) is 5.55. The van der Waals surface area contributed by atoms with Gasteiger partial charge >= 0.3 is 0 Å². The lowest BCUT2D eigenvalue weighted by atomic mass is 10.2. The smallest absolute Gasteiger partial charge is 0.110 e. The Kier molecular flexibility index (Phi) is 3.38. The Bertz CT molecular complexity index is 323. The molecule has 0 aliphatic carbocycles. The zero-order valence-corrected chi connectivity index (χ0v) is 10.5. The Labute approximate surface area is 95.5 Å². The molecule has 0 spiro atoms. The van der Waals surface area contributed by atoms with Crippen LogP contribution in [0.25, 0.3) is 0 Å². The summed E-state index contributed by atoms with van der Waals surface area (Å²) in [5, 5.41) is 4.54. The van der Waals surface area contributed by atoms with Crippen LogP contribution in [0, 0.1) is 0 Å². The molecule has 1 fully saturated rings. The molecule has 3 nitrogen and oxygen atoms in total. The van der Waals surface area contributed by atoms with Gasteiger partial charge in [-0.15, -0.1) is 11.3 Å². The highest BCUT2D eigenvalue weighted by molar-refractivity contribution is 7.11. The molecule has 1 N–H and O–H groups in total. The molecule has 4 heteroatoms. The maximum absolute atomic E-state index is 4.55. The molecule has 2 heterocycles. The van der Waals surface area contributed by atoms with Crippen LogP contribution >= 0.6 is 11.3 Å². The summed E-state index contributed by atoms with van der Waals surface area (Å²) in [5.41, 5.74) is 0. The van der Waals surface area contributed by atoms with Crippen LogP contribution in [0.15, 0.2) is 6.20 Å². The predicted molar refractivity (Wildman–Crippen MR) is 64.2 cm³/mol. The Morgan fingerprint density at radius 3 is 3.07 bits per heavy atom. The van der Waals surface area contributed by atoms with Crippen molar-refractivity contribution in [1.29, 1.82) is 0 Å². The van der Waals surface area contributed by atoms with Gasteiger partial charge in [-0.1, -0.05) is 0 Å². The van der Waals surface area contributed by atoms with E-state index in [1.54, 1.807) is 0 Å². The summed E-state index contributed by atoms with van der Waals surface area (Å²) in [5.74, 6) is 0. The van der Waals surface area contributed by atoms with E-state index >= 15 is 0 Å². The lowest BCUT2D eigenvalue weighted by molar-refractivity contribution is 0.316. The molecule has 0 bridgehead atoms. The topological polar surface area (TPSA) is 28.2 Å². The number of nitrogens with zero attached hydrogens (tertiary/aromatic N) is 2. The Balaban J connectivity index is 2.12. The predicted octanol–water partition coefficient (Wildman–Crippen LogP) is 2.19. The van der Waals surface area contributed by atoms with Crippen molar-refractivity contribution in [1.82, 2.24) is 15.2 Å². The van der Waals surface area contributed by atoms with E-state index in [2.05, 4.69) is 29.2 Å². The first kappa shape index (κ1) is 11.0. The van der Waals surface area contributed by atoms with Gasteiger partial charge in [-0.25, -0.2) is 4.98 Å². The maximum Gasteiger partial charge on any atom is 0.110 e. The van der Waals surface area contributed by atoms with Gasteiger partial charge in [-0.05, 0) is 40.4 Å². The van der Waals surface area contributed by atoms with E-state index in [-0.39, 0.29) is 0 Å². The van der Waals surface area contributed by atoms with Crippen LogP contribution < -0.4 is 5.32 Å². The van der Waals surface area contributed by atoms with E-state index < -0.39 is 0 Å². The fourth-order valence-corrected chi connectivity index (χ4v) is 3.20. The van der Waals surface area contributed by atoms with Crippen LogP contribution in [0.1, 0.15) is 41.7 Å². The van der Waals surface area contributed by atoms with E-state index in [0.717, 1.165) is 0 Å². The first-order valence-corrected chi connectivity index (χ1v) is 6.37. The van der Waals surface area contributed by atoms with Crippen molar-refractivity contribution in [3.63, 3.8) is 0 Å². The SMILES string of the molecule is CNC(C)c1cnc(C2CCCN2C)s1. The number of nitrogens with one attached hydrogen (secondary N) is 1. The second kappa shape index (κ2) is 4.60. The Morgan fingerprint density at radius 1 is 1.67 bits per heavy atom. The second-order valence-corrected chi connectivity index (χ2v) is 5.34. The molecule has 1 saturated heterocycles. The summed E-state index contributed by atoms with van der Waals surface area (Å²) in [6.07, 6.45) is 4.59. The molecule has 0 aromatic carbocycles. The third kappa shape index (κ3) is 2.22. The molecule has 0 saturated carbocycles. The third-order valence-electron chi connectivity index (χ3n) is 3.21. The monoisotopic (exact) mass is 225 g/mol. The molecule has 0 radical (unpaired) electrons. The van der Waals surface area contributed by atoms with Gasteiger partial charge in [0, 0.05) is 17.1 Å². The molecular formula is C11H19N3S. The number of rotatable bonds is 3. The average molecular weight is 225 g/mol. The Hall–Kier alpha value is -0.450. The lowest BCUT2D eigenvalue weighted by Gasteiger charge is -2.16. The lowest BCUT2D eigenvalue weighted by Crippen LogP contribution is -2.17. The zero-order valence-electron chi connectivity index (χ0n) is 9.66. The van der Waals surface area contributed by atoms with Crippen molar-refractivity contribution in [2.24, 2.45) is 0 Å². The molecule has 2 unspecified atom stereocenters. The van der Waals surface area contributed by atoms with Crippen LogP contribution in [0.4, 0.5) is 0 Å². The van der Waals surface area contributed by atoms with Gasteiger partial charge in [0.1, 0.15) is 5.01 Å². The van der Waals surface area contributed by atoms with Crippen molar-refractivity contribution in [3.8, 4) is 0 Å². The largest absolute Gasteiger partial charge is 0.312 e. The number of likely N-dealkylation sites (tertiary alicyclic amines) is 1. The van der Waals surface area contributed by atoms with Crippen molar-refractivity contribution in [3.05, 3.63) is 16.1 Å². The normalized spacial score (nSPS) is 24.6. The summed E-state index contributed by atoms with van der Waals surface area (Å²) < 4.78 is 0. The number of hydrogen-bond donors (Lipinski definition) is 1. The van der Waals surface area contributed by atoms with Crippen molar-refractivity contribution in [2.75, 3.05) is 20.6 Å². The van der Waals surface area contributed by atoms with Crippen molar-refractivity contribution in [2.45, 2.75) is 31.8 Å². The minimum absolute atomic E-state index is 0.419. The molecule has 1 aromatic rings. The van der Waals surface area contributed by atoms with Crippen LogP contribution in [-0.4, -0.2) is 30.5 Å². The van der Waals surface area contributed by atoms with E-state index in [9.17, 15) is 0 Å². The number of hydrogen-bond acceptors (Lipinski definition) is 4. The van der Waals surface area contributed by atoms with E-state index in [4.69, 9.17) is 0 Å². The Morgan fingerprint density at radius 2 is 2.47 bits per heavy atom. The molecule has 1 aromatic heterocycles. The van der Waals surface area contributed by atoms with Crippen LogP contribution in [-0.2, 0) is 0 Å². The van der Waals surface area contributed by atoms with Gasteiger partial charge in [-0.3, -0.25) is 4.90 Å². The highest BCUT2D eigenvalue weighted by Crippen LogP contribution is 2.34. The molecule has 2 atom stereocenters. The highest BCUT2D eigenvalue weighted by Gasteiger charge is 2.25. The van der Waals surface area contributed by atoms with Gasteiger partial charge in [-0.2, -0.15) is 0 Å². The van der Waals surface area contributed by atoms with Gasteiger partial charge in [0.25, 0.3) is 0 Å². The van der Waals surface area contributed by atoms with E-state index in [1.807, 2.05) is 24.6 Å². The number of aromatic nitrogens is 1. The summed E-state index contributed by atoms with van der Waals surface area (Å²) in [6.45, 7) is 3.39. The molecular weight excluding hydrogens is 206 g/mol. The van der Waals surface area contributed by atoms with Crippen LogP contribution in [0.3, 0.4) is 0 Å². The summed E-state index contributed by atoms with van der Waals surface area (Å²) in [4.78, 5) is 8.30. The molecule has 2 rings (SSSR count). The van der Waals surface area contributed by atoms with Gasteiger partial charge in [0.2, 0.25) is 0 Å². The van der Waals surface area contributed by atoms with Crippen molar-refractivity contribution >= 4 is 11.3 Å². The summed E-state index contributed by atoms with van der Waals surface area (Å²) >= 11 is 1.85. The van der Waals surface area contributed by atoms with Crippen LogP contribution in [0.2, 0.25) is 0 Å². The van der Waals surface area contributed by atoms with Gasteiger partial charge in [0.05, 0.1) is 6.04 Å². The molecule has 0 amide bonds. The summed E-state index contributed by atoms with van der Waals surface area (Å²) in [7, 11) is 4.19. The fraction of sp³-hybridized carbons (Fsp3) is 0.727. The first-order chi connectivity index (χ1) is 7.22. The van der Waals surface area contributed by atoms with Crippen molar-refractivity contribution < 1.29 is 0 Å². The number of thiazole rings is 1. The quantitative estimate of drug-likeness (QED) is 0.854. The fourth-order valence-electron chi connectivity index (χ4n) is 2.02. The molecule has 84 valence electrons. The third-order valence-corrected chi connectivity index (χ3v) is 4.49. The maximum atomic E-state index is 4.55. The second-order valence-electron chi connectivity index (χ2n) is 4.25. The minimum atomic E-state index is 0.419. The van der Waals surface area contributed by atoms with E-state index in [0.29, 0.717) is 12.1 Å². The van der Waals surface area contributed by atoms with Gasteiger partial charge in [0.15, 0.2) is 0 Å². The van der Waals surface area contributed by atoms with E-state index in [1.165, 1.54) is 29.3 Å². The minimum Gasteiger partial charge on any atom is -0.312 e. The zero-order chi connectivity index (χ0) is 10.8. The standard InChI is InChI=1S/C11H19N3S/c1-8(12-2)10-7-13-11(15-10)9-5-4-6-14(9)3/h7-9,12H,4-6H2,1-3H3. The van der Waals surface area contributed by atoms with Gasteiger partial charge < -0.3 is 5.32 Å². The highest BCUT2D eigenvalue weighted by atomic mass is 32.1. The molecule has 1 aliphatic rings.